The highest BCUT2D eigenvalue weighted by atomic mass is 35.5. The van der Waals surface area contributed by atoms with Crippen LogP contribution in [0, 0.1) is 0 Å². The van der Waals surface area contributed by atoms with E-state index in [2.05, 4.69) is 31.0 Å². The van der Waals surface area contributed by atoms with Gasteiger partial charge in [-0.2, -0.15) is 18.3 Å². The molecule has 0 radical (unpaired) electrons. The molecule has 2 amide bonds. The first-order chi connectivity index (χ1) is 19.6. The van der Waals surface area contributed by atoms with Crippen molar-refractivity contribution in [2.45, 2.75) is 30.8 Å². The Bertz CT molecular complexity index is 1630. The third kappa shape index (κ3) is 5.18. The van der Waals surface area contributed by atoms with Crippen LogP contribution in [0.25, 0.3) is 16.9 Å². The molecule has 2 unspecified atom stereocenters. The van der Waals surface area contributed by atoms with Gasteiger partial charge in [0, 0.05) is 37.7 Å². The molecule has 0 saturated carbocycles. The molecule has 5 N–H and O–H groups in total. The number of hydrogen-bond acceptors (Lipinski definition) is 8. The van der Waals surface area contributed by atoms with Crippen LogP contribution in [0.3, 0.4) is 0 Å². The Morgan fingerprint density at radius 2 is 1.98 bits per heavy atom. The van der Waals surface area contributed by atoms with Gasteiger partial charge in [0.05, 0.1) is 52.4 Å². The number of fused-ring (bicyclic) bond motifs is 1. The van der Waals surface area contributed by atoms with Crippen molar-refractivity contribution < 1.29 is 27.9 Å². The second-order valence-electron chi connectivity index (χ2n) is 9.85. The molecule has 2 atom stereocenters. The number of aromatic nitrogens is 5. The minimum absolute atomic E-state index is 0.158. The first-order valence-corrected chi connectivity index (χ1v) is 13.0. The summed E-state index contributed by atoms with van der Waals surface area (Å²) in [6, 6.07) is 4.09. The molecule has 12 nitrogen and oxygen atoms in total. The number of H-pyrrole nitrogens is 1. The number of β-amino-alcohol motifs (C(OH)–C–C–N with tert-alkyl or cyclic N) is 1. The molecular weight excluding hydrogens is 567 g/mol. The number of alkyl halides is 3. The Morgan fingerprint density at radius 3 is 2.68 bits per heavy atom. The van der Waals surface area contributed by atoms with Gasteiger partial charge in [0.15, 0.2) is 11.5 Å². The summed E-state index contributed by atoms with van der Waals surface area (Å²) in [5.74, 6) is -0.234. The van der Waals surface area contributed by atoms with Gasteiger partial charge in [-0.05, 0) is 24.6 Å². The number of nitrogens with one attached hydrogen (secondary N) is 4. The largest absolute Gasteiger partial charge is 0.433 e. The SMILES string of the molecule is O=C(NC1CN(C(=O)c2ccc(Nc3nccn4c(-c5cn[nH]c5C(F)(F)F)cnc34)cc2Cl)C1)C1CC(O)CN1. The number of aliphatic hydroxyl groups is 1. The smallest absolute Gasteiger partial charge is 0.392 e. The number of carbonyl (C=O) groups is 2. The van der Waals surface area contributed by atoms with Crippen LogP contribution in [-0.2, 0) is 11.0 Å². The lowest BCUT2D eigenvalue weighted by Crippen LogP contribution is -2.62. The maximum Gasteiger partial charge on any atom is 0.433 e. The van der Waals surface area contributed by atoms with Crippen LogP contribution < -0.4 is 16.0 Å². The Kier molecular flexibility index (Phi) is 6.79. The monoisotopic (exact) mass is 589 g/mol. The fourth-order valence-electron chi connectivity index (χ4n) is 4.93. The summed E-state index contributed by atoms with van der Waals surface area (Å²) < 4.78 is 41.6. The molecule has 4 aromatic rings. The van der Waals surface area contributed by atoms with Gasteiger partial charge in [-0.25, -0.2) is 9.97 Å². The summed E-state index contributed by atoms with van der Waals surface area (Å²) in [6.45, 7) is 1.03. The molecule has 1 aromatic carbocycles. The van der Waals surface area contributed by atoms with E-state index in [1.165, 1.54) is 29.1 Å². The van der Waals surface area contributed by atoms with Gasteiger partial charge in [-0.3, -0.25) is 19.1 Å². The molecule has 0 aliphatic carbocycles. The van der Waals surface area contributed by atoms with E-state index in [0.29, 0.717) is 31.7 Å². The summed E-state index contributed by atoms with van der Waals surface area (Å²) in [4.78, 5) is 35.4. The van der Waals surface area contributed by atoms with Gasteiger partial charge in [-0.15, -0.1) is 0 Å². The van der Waals surface area contributed by atoms with E-state index in [1.54, 1.807) is 17.0 Å². The van der Waals surface area contributed by atoms with Crippen molar-refractivity contribution in [3.05, 3.63) is 59.3 Å². The van der Waals surface area contributed by atoms with E-state index in [0.717, 1.165) is 6.20 Å². The minimum Gasteiger partial charge on any atom is -0.392 e. The number of amides is 2. The van der Waals surface area contributed by atoms with Gasteiger partial charge in [0.25, 0.3) is 5.91 Å². The lowest BCUT2D eigenvalue weighted by molar-refractivity contribution is -0.140. The van der Waals surface area contributed by atoms with Crippen molar-refractivity contribution in [2.75, 3.05) is 25.0 Å². The molecule has 214 valence electrons. The topological polar surface area (TPSA) is 153 Å². The van der Waals surface area contributed by atoms with Gasteiger partial charge >= 0.3 is 6.18 Å². The zero-order chi connectivity index (χ0) is 28.9. The summed E-state index contributed by atoms with van der Waals surface area (Å²) in [6.07, 6.45) is 0.474. The van der Waals surface area contributed by atoms with Crippen molar-refractivity contribution in [1.82, 2.24) is 40.1 Å². The quantitative estimate of drug-likeness (QED) is 0.229. The Labute approximate surface area is 234 Å². The molecule has 5 heterocycles. The Hall–Kier alpha value is -4.21. The van der Waals surface area contributed by atoms with Crippen LogP contribution in [0.1, 0.15) is 22.5 Å². The number of hydrogen-bond donors (Lipinski definition) is 5. The molecule has 2 saturated heterocycles. The van der Waals surface area contributed by atoms with Crippen molar-refractivity contribution >= 4 is 40.6 Å². The standard InChI is InChI=1S/C25H23ClF3N9O3/c26-17-5-12(1-2-15(17)24(41)37-10-13(11-37)35-23(40)18-6-14(39)7-31-18)34-21-22-32-9-19(38(22)4-3-30-21)16-8-33-36-20(16)25(27,28)29/h1-5,8-9,13-14,18,31,39H,6-7,10-11H2,(H,30,34)(H,33,36)(H,35,40). The molecule has 2 fully saturated rings. The number of likely N-dealkylation sites (tertiary alicyclic amines) is 1. The average molecular weight is 590 g/mol. The van der Waals surface area contributed by atoms with E-state index in [-0.39, 0.29) is 51.2 Å². The number of carbonyl (C=O) groups excluding carboxylic acids is 2. The van der Waals surface area contributed by atoms with Crippen LogP contribution in [0.2, 0.25) is 5.02 Å². The van der Waals surface area contributed by atoms with Crippen LogP contribution in [0.15, 0.2) is 43.0 Å². The van der Waals surface area contributed by atoms with Gasteiger partial charge in [0.1, 0.15) is 5.69 Å². The van der Waals surface area contributed by atoms with Crippen molar-refractivity contribution in [1.29, 1.82) is 0 Å². The third-order valence-corrected chi connectivity index (χ3v) is 7.34. The maximum atomic E-state index is 13.4. The van der Waals surface area contributed by atoms with Gasteiger partial charge in [0.2, 0.25) is 5.91 Å². The summed E-state index contributed by atoms with van der Waals surface area (Å²) in [5, 5.41) is 24.2. The third-order valence-electron chi connectivity index (χ3n) is 7.03. The van der Waals surface area contributed by atoms with Crippen molar-refractivity contribution in [2.24, 2.45) is 0 Å². The Morgan fingerprint density at radius 1 is 1.17 bits per heavy atom. The zero-order valence-corrected chi connectivity index (χ0v) is 21.9. The highest BCUT2D eigenvalue weighted by Crippen LogP contribution is 2.36. The minimum atomic E-state index is -4.62. The lowest BCUT2D eigenvalue weighted by Gasteiger charge is -2.40. The number of nitrogens with zero attached hydrogens (tertiary/aromatic N) is 5. The second kappa shape index (κ2) is 10.3. The van der Waals surface area contributed by atoms with Crippen LogP contribution in [0.5, 0.6) is 0 Å². The van der Waals surface area contributed by atoms with Crippen LogP contribution in [0.4, 0.5) is 24.7 Å². The first-order valence-electron chi connectivity index (χ1n) is 12.6. The number of anilines is 2. The average Bonchev–Trinajstić information content (AvgIpc) is 3.65. The fraction of sp³-hybridized carbons (Fsp3) is 0.320. The van der Waals surface area contributed by atoms with Crippen LogP contribution >= 0.6 is 11.6 Å². The fourth-order valence-corrected chi connectivity index (χ4v) is 5.19. The van der Waals surface area contributed by atoms with E-state index < -0.39 is 24.0 Å². The van der Waals surface area contributed by atoms with Crippen molar-refractivity contribution in [3.63, 3.8) is 0 Å². The van der Waals surface area contributed by atoms with Gasteiger partial charge in [-0.1, -0.05) is 11.6 Å². The molecule has 6 rings (SSSR count). The molecule has 2 aliphatic heterocycles. The van der Waals surface area contributed by atoms with E-state index in [9.17, 15) is 27.9 Å². The second-order valence-corrected chi connectivity index (χ2v) is 10.3. The number of aromatic amines is 1. The van der Waals surface area contributed by atoms with Crippen LogP contribution in [-0.4, -0.2) is 84.2 Å². The number of halogens is 4. The molecule has 0 bridgehead atoms. The predicted octanol–water partition coefficient (Wildman–Crippen LogP) is 2.20. The summed E-state index contributed by atoms with van der Waals surface area (Å²) >= 11 is 6.44. The number of aliphatic hydroxyl groups excluding tert-OH is 1. The zero-order valence-electron chi connectivity index (χ0n) is 21.1. The molecule has 2 aliphatic rings. The molecular formula is C25H23ClF3N9O3. The van der Waals surface area contributed by atoms with Crippen molar-refractivity contribution in [3.8, 4) is 11.3 Å². The summed E-state index contributed by atoms with van der Waals surface area (Å²) in [5.41, 5.74) is 0.0530. The predicted molar refractivity (Wildman–Crippen MR) is 141 cm³/mol. The highest BCUT2D eigenvalue weighted by molar-refractivity contribution is 6.34. The lowest BCUT2D eigenvalue weighted by atomic mass is 10.1. The number of imidazole rings is 1. The number of rotatable bonds is 6. The molecule has 3 aromatic heterocycles. The van der Waals surface area contributed by atoms with E-state index in [1.807, 2.05) is 5.10 Å². The number of benzene rings is 1. The van der Waals surface area contributed by atoms with E-state index in [4.69, 9.17) is 11.6 Å². The highest BCUT2D eigenvalue weighted by Gasteiger charge is 2.37. The van der Waals surface area contributed by atoms with Gasteiger partial charge < -0.3 is 26.0 Å². The maximum absolute atomic E-state index is 13.4. The summed E-state index contributed by atoms with van der Waals surface area (Å²) in [7, 11) is 0. The molecule has 0 spiro atoms. The molecule has 41 heavy (non-hydrogen) atoms. The Balaban J connectivity index is 1.13. The molecule has 16 heteroatoms. The van der Waals surface area contributed by atoms with E-state index >= 15 is 0 Å². The normalized spacial score (nSPS) is 19.4. The first kappa shape index (κ1) is 27.0.